The Bertz CT molecular complexity index is 1010. The third-order valence-electron chi connectivity index (χ3n) is 8.89. The van der Waals surface area contributed by atoms with Gasteiger partial charge in [-0.15, -0.1) is 0 Å². The molecule has 0 bridgehead atoms. The number of allylic oxidation sites excluding steroid dienone is 6. The number of hydrogen-bond donors (Lipinski definition) is 1. The standard InChI is InChI=1S/C43H80NO8P/c1-6-8-10-12-14-16-18-20-22-24-26-28-30-32-34-36-43(46)52-41(40-51-53(47,48)50-38-37-44(3,4)5)39-49-42(45)35-33-31-29-27-25-23-21-19-17-15-13-11-9-7-2/h14,16,19-22,41H,6-13,15,17-18,23-40H2,1-5H3/p+1/b16-14-,21-19-,22-20-/t41-/m1/s1. The molecule has 1 N–H and O–H groups in total. The zero-order valence-electron chi connectivity index (χ0n) is 34.7. The molecular formula is C43H81NO8P+. The van der Waals surface area contributed by atoms with Gasteiger partial charge in [-0.2, -0.15) is 0 Å². The number of unbranched alkanes of at least 4 members (excludes halogenated alkanes) is 18. The third-order valence-corrected chi connectivity index (χ3v) is 9.88. The fraction of sp³-hybridized carbons (Fsp3) is 0.814. The van der Waals surface area contributed by atoms with Crippen LogP contribution in [0.1, 0.15) is 174 Å². The average molecular weight is 771 g/mol. The van der Waals surface area contributed by atoms with Crippen LogP contribution in [0, 0.1) is 0 Å². The third kappa shape index (κ3) is 39.7. The van der Waals surface area contributed by atoms with Gasteiger partial charge in [-0.1, -0.05) is 127 Å². The molecule has 10 heteroatoms. The first kappa shape index (κ1) is 51.2. The van der Waals surface area contributed by atoms with Crippen molar-refractivity contribution in [2.45, 2.75) is 180 Å². The average Bonchev–Trinajstić information content (AvgIpc) is 3.10. The van der Waals surface area contributed by atoms with Crippen molar-refractivity contribution in [2.24, 2.45) is 0 Å². The molecule has 0 fully saturated rings. The zero-order chi connectivity index (χ0) is 39.3. The lowest BCUT2D eigenvalue weighted by molar-refractivity contribution is -0.870. The van der Waals surface area contributed by atoms with Gasteiger partial charge in [0.2, 0.25) is 0 Å². The smallest absolute Gasteiger partial charge is 0.462 e. The van der Waals surface area contributed by atoms with E-state index in [1.165, 1.54) is 64.2 Å². The van der Waals surface area contributed by atoms with Gasteiger partial charge in [0, 0.05) is 12.8 Å². The number of esters is 2. The molecule has 0 saturated carbocycles. The summed E-state index contributed by atoms with van der Waals surface area (Å²) in [7, 11) is 1.46. The van der Waals surface area contributed by atoms with Crippen LogP contribution in [0.2, 0.25) is 0 Å². The minimum Gasteiger partial charge on any atom is -0.462 e. The number of rotatable bonds is 38. The van der Waals surface area contributed by atoms with E-state index in [9.17, 15) is 19.0 Å². The highest BCUT2D eigenvalue weighted by molar-refractivity contribution is 7.47. The van der Waals surface area contributed by atoms with Crippen molar-refractivity contribution in [3.8, 4) is 0 Å². The lowest BCUT2D eigenvalue weighted by atomic mass is 10.1. The van der Waals surface area contributed by atoms with Gasteiger partial charge < -0.3 is 18.9 Å². The van der Waals surface area contributed by atoms with E-state index in [0.717, 1.165) is 77.0 Å². The van der Waals surface area contributed by atoms with Crippen molar-refractivity contribution in [1.82, 2.24) is 0 Å². The van der Waals surface area contributed by atoms with Gasteiger partial charge in [0.15, 0.2) is 6.10 Å². The van der Waals surface area contributed by atoms with Crippen LogP contribution in [0.15, 0.2) is 36.5 Å². The lowest BCUT2D eigenvalue weighted by Gasteiger charge is -2.24. The van der Waals surface area contributed by atoms with Gasteiger partial charge in [0.25, 0.3) is 0 Å². The molecule has 9 nitrogen and oxygen atoms in total. The summed E-state index contributed by atoms with van der Waals surface area (Å²) in [5.41, 5.74) is 0. The number of carbonyl (C=O) groups excluding carboxylic acids is 2. The number of likely N-dealkylation sites (N-methyl/N-ethyl adjacent to an activating group) is 1. The van der Waals surface area contributed by atoms with Crippen molar-refractivity contribution < 1.29 is 42.1 Å². The number of hydrogen-bond acceptors (Lipinski definition) is 7. The molecule has 0 saturated heterocycles. The van der Waals surface area contributed by atoms with E-state index in [1.807, 2.05) is 21.1 Å². The molecular weight excluding hydrogens is 689 g/mol. The van der Waals surface area contributed by atoms with Crippen LogP contribution in [0.25, 0.3) is 0 Å². The molecule has 53 heavy (non-hydrogen) atoms. The van der Waals surface area contributed by atoms with Crippen molar-refractivity contribution >= 4 is 19.8 Å². The molecule has 0 aliphatic heterocycles. The topological polar surface area (TPSA) is 108 Å². The SMILES string of the molecule is CCCCC/C=C\C/C=C\CCCCCCCC(=O)O[C@H](COC(=O)CCCCCCC/C=C\CCCCCCC)COP(=O)(O)OCC[N+](C)(C)C. The van der Waals surface area contributed by atoms with E-state index >= 15 is 0 Å². The molecule has 0 heterocycles. The maximum atomic E-state index is 12.7. The second-order valence-electron chi connectivity index (χ2n) is 15.4. The van der Waals surface area contributed by atoms with Crippen molar-refractivity contribution in [3.63, 3.8) is 0 Å². The summed E-state index contributed by atoms with van der Waals surface area (Å²) in [4.78, 5) is 35.3. The van der Waals surface area contributed by atoms with Gasteiger partial charge in [-0.05, 0) is 70.6 Å². The van der Waals surface area contributed by atoms with E-state index in [-0.39, 0.29) is 32.0 Å². The Kier molecular flexibility index (Phi) is 34.7. The van der Waals surface area contributed by atoms with Crippen molar-refractivity contribution in [2.75, 3.05) is 47.5 Å². The Balaban J connectivity index is 4.43. The van der Waals surface area contributed by atoms with Crippen LogP contribution in [0.5, 0.6) is 0 Å². The molecule has 0 rings (SSSR count). The number of quaternary nitrogens is 1. The van der Waals surface area contributed by atoms with Gasteiger partial charge in [0.1, 0.15) is 19.8 Å². The first-order valence-corrected chi connectivity index (χ1v) is 22.7. The molecule has 0 aliphatic rings. The van der Waals surface area contributed by atoms with Crippen LogP contribution >= 0.6 is 7.82 Å². The molecule has 1 unspecified atom stereocenters. The summed E-state index contributed by atoms with van der Waals surface area (Å²) in [6, 6.07) is 0. The molecule has 0 radical (unpaired) electrons. The van der Waals surface area contributed by atoms with Crippen LogP contribution in [-0.2, 0) is 32.7 Å². The fourth-order valence-electron chi connectivity index (χ4n) is 5.51. The molecule has 2 atom stereocenters. The zero-order valence-corrected chi connectivity index (χ0v) is 35.6. The monoisotopic (exact) mass is 771 g/mol. The van der Waals surface area contributed by atoms with Crippen LogP contribution in [0.4, 0.5) is 0 Å². The summed E-state index contributed by atoms with van der Waals surface area (Å²) in [5.74, 6) is -0.825. The molecule has 0 amide bonds. The summed E-state index contributed by atoms with van der Waals surface area (Å²) < 4.78 is 34.2. The Labute approximate surface area is 325 Å². The van der Waals surface area contributed by atoms with Gasteiger partial charge in [-0.3, -0.25) is 18.6 Å². The maximum Gasteiger partial charge on any atom is 0.472 e. The minimum atomic E-state index is -4.38. The van der Waals surface area contributed by atoms with Gasteiger partial charge in [-0.25, -0.2) is 4.57 Å². The van der Waals surface area contributed by atoms with Gasteiger partial charge in [0.05, 0.1) is 27.7 Å². The molecule has 0 aliphatic carbocycles. The Morgan fingerprint density at radius 3 is 1.55 bits per heavy atom. The summed E-state index contributed by atoms with van der Waals surface area (Å²) >= 11 is 0. The summed E-state index contributed by atoms with van der Waals surface area (Å²) in [5, 5.41) is 0. The fourth-order valence-corrected chi connectivity index (χ4v) is 6.25. The second-order valence-corrected chi connectivity index (χ2v) is 16.8. The van der Waals surface area contributed by atoms with Crippen LogP contribution in [-0.4, -0.2) is 74.9 Å². The number of nitrogens with zero attached hydrogens (tertiary/aromatic N) is 1. The minimum absolute atomic E-state index is 0.0272. The van der Waals surface area contributed by atoms with E-state index in [1.54, 1.807) is 0 Å². The first-order valence-electron chi connectivity index (χ1n) is 21.2. The summed E-state index contributed by atoms with van der Waals surface area (Å²) in [6.07, 6.45) is 39.0. The second kappa shape index (κ2) is 35.9. The quantitative estimate of drug-likeness (QED) is 0.0217. The molecule has 310 valence electrons. The number of ether oxygens (including phenoxy) is 2. The predicted molar refractivity (Wildman–Crippen MR) is 220 cm³/mol. The number of phosphoric ester groups is 1. The molecule has 0 spiro atoms. The number of phosphoric acid groups is 1. The Morgan fingerprint density at radius 1 is 0.585 bits per heavy atom. The van der Waals surface area contributed by atoms with E-state index in [0.29, 0.717) is 17.4 Å². The maximum absolute atomic E-state index is 12.7. The summed E-state index contributed by atoms with van der Waals surface area (Å²) in [6.45, 7) is 4.35. The Morgan fingerprint density at radius 2 is 1.02 bits per heavy atom. The highest BCUT2D eigenvalue weighted by Gasteiger charge is 2.27. The normalized spacial score (nSPS) is 14.0. The Hall–Kier alpha value is -1.77. The van der Waals surface area contributed by atoms with Crippen molar-refractivity contribution in [1.29, 1.82) is 0 Å². The van der Waals surface area contributed by atoms with Crippen LogP contribution in [0.3, 0.4) is 0 Å². The van der Waals surface area contributed by atoms with E-state index < -0.39 is 26.5 Å². The van der Waals surface area contributed by atoms with E-state index in [2.05, 4.69) is 50.3 Å². The first-order chi connectivity index (χ1) is 25.5. The molecule has 0 aromatic heterocycles. The molecule has 0 aromatic carbocycles. The predicted octanol–water partition coefficient (Wildman–Crippen LogP) is 11.7. The highest BCUT2D eigenvalue weighted by atomic mass is 31.2. The molecule has 0 aromatic rings. The van der Waals surface area contributed by atoms with Crippen LogP contribution < -0.4 is 0 Å². The lowest BCUT2D eigenvalue weighted by Crippen LogP contribution is -2.37. The number of carbonyl (C=O) groups is 2. The van der Waals surface area contributed by atoms with Gasteiger partial charge >= 0.3 is 19.8 Å². The highest BCUT2D eigenvalue weighted by Crippen LogP contribution is 2.43. The van der Waals surface area contributed by atoms with E-state index in [4.69, 9.17) is 18.5 Å². The largest absolute Gasteiger partial charge is 0.472 e. The van der Waals surface area contributed by atoms with Crippen molar-refractivity contribution in [3.05, 3.63) is 36.5 Å².